The van der Waals surface area contributed by atoms with Gasteiger partial charge in [-0.3, -0.25) is 9.69 Å². The van der Waals surface area contributed by atoms with Crippen molar-refractivity contribution in [1.29, 1.82) is 0 Å². The maximum atomic E-state index is 12.2. The molecular formula is C16H23N3O2. The second kappa shape index (κ2) is 6.43. The number of ether oxygens (including phenoxy) is 1. The molecule has 0 aliphatic carbocycles. The summed E-state index contributed by atoms with van der Waals surface area (Å²) in [5, 5.41) is 0. The van der Waals surface area contributed by atoms with Crippen LogP contribution in [-0.2, 0) is 24.1 Å². The lowest BCUT2D eigenvalue weighted by molar-refractivity contribution is 0.208. The Hall–Kier alpha value is -1.62. The number of H-pyrrole nitrogens is 1. The highest BCUT2D eigenvalue weighted by Crippen LogP contribution is 2.18. The Kier molecular flexibility index (Phi) is 4.39. The van der Waals surface area contributed by atoms with E-state index in [4.69, 9.17) is 4.74 Å². The molecule has 2 aliphatic rings. The van der Waals surface area contributed by atoms with Crippen LogP contribution < -0.4 is 5.56 Å². The smallest absolute Gasteiger partial charge is 0.255 e. The summed E-state index contributed by atoms with van der Waals surface area (Å²) < 4.78 is 5.39. The van der Waals surface area contributed by atoms with Crippen molar-refractivity contribution >= 4 is 0 Å². The first kappa shape index (κ1) is 14.3. The van der Waals surface area contributed by atoms with Gasteiger partial charge in [0.15, 0.2) is 0 Å². The standard InChI is InChI=1S/C16H23N3O2/c1-2-4-15-17-14-6-7-19(10-13(14)16(20)18-15)9-12-5-3-8-21-11-12/h11H,2-10H2,1H3,(H,17,18,20). The Morgan fingerprint density at radius 2 is 2.33 bits per heavy atom. The van der Waals surface area contributed by atoms with E-state index in [0.717, 1.165) is 68.9 Å². The summed E-state index contributed by atoms with van der Waals surface area (Å²) in [5.74, 6) is 0.832. The van der Waals surface area contributed by atoms with Crippen molar-refractivity contribution in [3.8, 4) is 0 Å². The lowest BCUT2D eigenvalue weighted by atomic mass is 10.0. The van der Waals surface area contributed by atoms with Gasteiger partial charge in [-0.25, -0.2) is 4.98 Å². The van der Waals surface area contributed by atoms with E-state index in [1.807, 2.05) is 6.26 Å². The van der Waals surface area contributed by atoms with Crippen LogP contribution in [0.4, 0.5) is 0 Å². The number of aromatic amines is 1. The predicted molar refractivity (Wildman–Crippen MR) is 81.1 cm³/mol. The minimum atomic E-state index is 0.0435. The average molecular weight is 289 g/mol. The van der Waals surface area contributed by atoms with Crippen LogP contribution in [0, 0.1) is 0 Å². The first-order chi connectivity index (χ1) is 10.3. The Labute approximate surface area is 125 Å². The summed E-state index contributed by atoms with van der Waals surface area (Å²) >= 11 is 0. The first-order valence-corrected chi connectivity index (χ1v) is 7.89. The predicted octanol–water partition coefficient (Wildman–Crippen LogP) is 1.77. The van der Waals surface area contributed by atoms with Crippen LogP contribution >= 0.6 is 0 Å². The molecular weight excluding hydrogens is 266 g/mol. The Balaban J connectivity index is 1.73. The zero-order chi connectivity index (χ0) is 14.7. The van der Waals surface area contributed by atoms with E-state index in [1.54, 1.807) is 0 Å². The molecule has 3 rings (SSSR count). The van der Waals surface area contributed by atoms with Gasteiger partial charge in [-0.05, 0) is 24.8 Å². The van der Waals surface area contributed by atoms with Crippen LogP contribution in [0.2, 0.25) is 0 Å². The van der Waals surface area contributed by atoms with E-state index in [1.165, 1.54) is 5.57 Å². The SMILES string of the molecule is CCCc1nc2c(c(=O)[nH]1)CN(CC1=COCCC1)CC2. The number of hydrogen-bond acceptors (Lipinski definition) is 4. The molecule has 0 radical (unpaired) electrons. The molecule has 0 fully saturated rings. The summed E-state index contributed by atoms with van der Waals surface area (Å²) in [6, 6.07) is 0. The highest BCUT2D eigenvalue weighted by atomic mass is 16.5. The van der Waals surface area contributed by atoms with Gasteiger partial charge in [0.25, 0.3) is 5.56 Å². The Bertz CT molecular complexity index is 592. The molecule has 1 aromatic rings. The topological polar surface area (TPSA) is 58.2 Å². The number of fused-ring (bicyclic) bond motifs is 1. The minimum Gasteiger partial charge on any atom is -0.501 e. The van der Waals surface area contributed by atoms with Gasteiger partial charge in [0.05, 0.1) is 24.1 Å². The van der Waals surface area contributed by atoms with E-state index < -0.39 is 0 Å². The molecule has 2 aliphatic heterocycles. The highest BCUT2D eigenvalue weighted by molar-refractivity contribution is 5.21. The van der Waals surface area contributed by atoms with Crippen LogP contribution in [0.25, 0.3) is 0 Å². The molecule has 0 spiro atoms. The largest absolute Gasteiger partial charge is 0.501 e. The summed E-state index contributed by atoms with van der Waals surface area (Å²) in [6.45, 7) is 5.49. The zero-order valence-electron chi connectivity index (χ0n) is 12.7. The van der Waals surface area contributed by atoms with Crippen LogP contribution in [-0.4, -0.2) is 34.6 Å². The molecule has 114 valence electrons. The summed E-state index contributed by atoms with van der Waals surface area (Å²) in [5.41, 5.74) is 3.21. The second-order valence-corrected chi connectivity index (χ2v) is 5.90. The van der Waals surface area contributed by atoms with Crippen LogP contribution in [0.3, 0.4) is 0 Å². The summed E-state index contributed by atoms with van der Waals surface area (Å²) in [4.78, 5) is 22.1. The number of rotatable bonds is 4. The molecule has 3 heterocycles. The van der Waals surface area contributed by atoms with Crippen LogP contribution in [0.1, 0.15) is 43.3 Å². The van der Waals surface area contributed by atoms with Crippen molar-refractivity contribution in [2.75, 3.05) is 19.7 Å². The number of hydrogen-bond donors (Lipinski definition) is 1. The maximum Gasteiger partial charge on any atom is 0.255 e. The number of aromatic nitrogens is 2. The highest BCUT2D eigenvalue weighted by Gasteiger charge is 2.22. The lowest BCUT2D eigenvalue weighted by Gasteiger charge is -2.29. The van der Waals surface area contributed by atoms with E-state index >= 15 is 0 Å². The van der Waals surface area contributed by atoms with Gasteiger partial charge in [-0.15, -0.1) is 0 Å². The maximum absolute atomic E-state index is 12.2. The molecule has 5 heteroatoms. The molecule has 1 aromatic heterocycles. The van der Waals surface area contributed by atoms with Gasteiger partial charge in [0, 0.05) is 32.5 Å². The van der Waals surface area contributed by atoms with E-state index in [0.29, 0.717) is 6.54 Å². The molecule has 0 unspecified atom stereocenters. The molecule has 0 saturated carbocycles. The van der Waals surface area contributed by atoms with Gasteiger partial charge in [-0.1, -0.05) is 6.92 Å². The number of nitrogens with zero attached hydrogens (tertiary/aromatic N) is 2. The van der Waals surface area contributed by atoms with Crippen molar-refractivity contribution in [1.82, 2.24) is 14.9 Å². The van der Waals surface area contributed by atoms with Crippen LogP contribution in [0.15, 0.2) is 16.6 Å². The fourth-order valence-corrected chi connectivity index (χ4v) is 3.04. The van der Waals surface area contributed by atoms with Crippen molar-refractivity contribution in [2.45, 2.75) is 45.6 Å². The van der Waals surface area contributed by atoms with Gasteiger partial charge in [0.1, 0.15) is 5.82 Å². The van der Waals surface area contributed by atoms with E-state index in [9.17, 15) is 4.79 Å². The molecule has 0 atom stereocenters. The monoisotopic (exact) mass is 289 g/mol. The van der Waals surface area contributed by atoms with Crippen molar-refractivity contribution in [3.63, 3.8) is 0 Å². The molecule has 21 heavy (non-hydrogen) atoms. The fourth-order valence-electron chi connectivity index (χ4n) is 3.04. The number of nitrogens with one attached hydrogen (secondary N) is 1. The number of aryl methyl sites for hydroxylation is 1. The van der Waals surface area contributed by atoms with Crippen molar-refractivity contribution < 1.29 is 4.74 Å². The van der Waals surface area contributed by atoms with E-state index in [2.05, 4.69) is 21.8 Å². The second-order valence-electron chi connectivity index (χ2n) is 5.90. The van der Waals surface area contributed by atoms with Crippen molar-refractivity contribution in [2.24, 2.45) is 0 Å². The van der Waals surface area contributed by atoms with Crippen LogP contribution in [0.5, 0.6) is 0 Å². The average Bonchev–Trinajstić information content (AvgIpc) is 2.49. The Morgan fingerprint density at radius 3 is 3.10 bits per heavy atom. The minimum absolute atomic E-state index is 0.0435. The fraction of sp³-hybridized carbons (Fsp3) is 0.625. The van der Waals surface area contributed by atoms with Gasteiger partial charge in [0.2, 0.25) is 0 Å². The molecule has 5 nitrogen and oxygen atoms in total. The molecule has 0 saturated heterocycles. The zero-order valence-corrected chi connectivity index (χ0v) is 12.7. The van der Waals surface area contributed by atoms with Gasteiger partial charge < -0.3 is 9.72 Å². The Morgan fingerprint density at radius 1 is 1.43 bits per heavy atom. The third-order valence-corrected chi connectivity index (χ3v) is 4.12. The quantitative estimate of drug-likeness (QED) is 0.918. The first-order valence-electron chi connectivity index (χ1n) is 7.89. The third kappa shape index (κ3) is 3.35. The van der Waals surface area contributed by atoms with Gasteiger partial charge >= 0.3 is 0 Å². The summed E-state index contributed by atoms with van der Waals surface area (Å²) in [7, 11) is 0. The third-order valence-electron chi connectivity index (χ3n) is 4.12. The molecule has 0 aromatic carbocycles. The lowest BCUT2D eigenvalue weighted by Crippen LogP contribution is -2.37. The molecule has 0 amide bonds. The molecule has 0 bridgehead atoms. The van der Waals surface area contributed by atoms with Gasteiger partial charge in [-0.2, -0.15) is 0 Å². The van der Waals surface area contributed by atoms with Crippen molar-refractivity contribution in [3.05, 3.63) is 39.3 Å². The normalized spacial score (nSPS) is 18.8. The van der Waals surface area contributed by atoms with E-state index in [-0.39, 0.29) is 5.56 Å². The molecule has 1 N–H and O–H groups in total. The summed E-state index contributed by atoms with van der Waals surface area (Å²) in [6.07, 6.45) is 6.81.